The molecule has 2 amide bonds. The number of urea groups is 1. The maximum absolute atomic E-state index is 12.0. The first-order valence-electron chi connectivity index (χ1n) is 6.59. The lowest BCUT2D eigenvalue weighted by atomic mass is 10.1. The van der Waals surface area contributed by atoms with Gasteiger partial charge in [0.2, 0.25) is 0 Å². The third kappa shape index (κ3) is 4.35. The summed E-state index contributed by atoms with van der Waals surface area (Å²) in [4.78, 5) is 23.9. The standard InChI is InChI=1S/C14H18N2O5/c1-14(20)6-7-16(9-14)13(19)15-10-2-4-11(5-3-10)21-8-12(17)18/h2-5,20H,6-9H2,1H3,(H,15,19)(H,17,18). The van der Waals surface area contributed by atoms with Gasteiger partial charge >= 0.3 is 12.0 Å². The van der Waals surface area contributed by atoms with E-state index in [1.807, 2.05) is 0 Å². The number of aliphatic carboxylic acids is 1. The number of hydrogen-bond acceptors (Lipinski definition) is 4. The number of benzene rings is 1. The molecule has 1 unspecified atom stereocenters. The van der Waals surface area contributed by atoms with Crippen molar-refractivity contribution in [3.63, 3.8) is 0 Å². The van der Waals surface area contributed by atoms with Gasteiger partial charge in [-0.1, -0.05) is 0 Å². The van der Waals surface area contributed by atoms with Gasteiger partial charge in [-0.3, -0.25) is 0 Å². The second-order valence-corrected chi connectivity index (χ2v) is 5.31. The molecule has 1 aromatic carbocycles. The molecule has 0 bridgehead atoms. The van der Waals surface area contributed by atoms with Crippen LogP contribution in [0.1, 0.15) is 13.3 Å². The van der Waals surface area contributed by atoms with Gasteiger partial charge in [0, 0.05) is 12.2 Å². The summed E-state index contributed by atoms with van der Waals surface area (Å²) < 4.78 is 5.00. The number of carbonyl (C=O) groups excluding carboxylic acids is 1. The normalized spacial score (nSPS) is 21.1. The van der Waals surface area contributed by atoms with E-state index in [2.05, 4.69) is 5.32 Å². The molecule has 1 aromatic rings. The summed E-state index contributed by atoms with van der Waals surface area (Å²) in [5.41, 5.74) is -0.250. The molecule has 7 heteroatoms. The first-order chi connectivity index (χ1) is 9.85. The van der Waals surface area contributed by atoms with Crippen molar-refractivity contribution >= 4 is 17.7 Å². The summed E-state index contributed by atoms with van der Waals surface area (Å²) in [6, 6.07) is 6.15. The zero-order valence-electron chi connectivity index (χ0n) is 11.7. The Hall–Kier alpha value is -2.28. The van der Waals surface area contributed by atoms with Gasteiger partial charge < -0.3 is 25.2 Å². The van der Waals surface area contributed by atoms with Gasteiger partial charge in [0.1, 0.15) is 5.75 Å². The van der Waals surface area contributed by atoms with Crippen molar-refractivity contribution in [2.24, 2.45) is 0 Å². The molecule has 0 radical (unpaired) electrons. The van der Waals surface area contributed by atoms with Crippen LogP contribution in [0.3, 0.4) is 0 Å². The van der Waals surface area contributed by atoms with E-state index in [1.165, 1.54) is 0 Å². The summed E-state index contributed by atoms with van der Waals surface area (Å²) in [7, 11) is 0. The van der Waals surface area contributed by atoms with Crippen LogP contribution in [0, 0.1) is 0 Å². The number of carboxylic acids is 1. The molecule has 1 aliphatic rings. The maximum Gasteiger partial charge on any atom is 0.341 e. The molecule has 3 N–H and O–H groups in total. The van der Waals surface area contributed by atoms with Crippen LogP contribution in [-0.4, -0.2) is 52.4 Å². The van der Waals surface area contributed by atoms with Crippen LogP contribution < -0.4 is 10.1 Å². The molecular weight excluding hydrogens is 276 g/mol. The molecule has 1 fully saturated rings. The van der Waals surface area contributed by atoms with Crippen molar-refractivity contribution in [2.75, 3.05) is 25.0 Å². The molecule has 1 heterocycles. The Bertz CT molecular complexity index is 527. The molecule has 1 aliphatic heterocycles. The zero-order valence-corrected chi connectivity index (χ0v) is 11.7. The summed E-state index contributed by atoms with van der Waals surface area (Å²) >= 11 is 0. The Morgan fingerprint density at radius 2 is 2.05 bits per heavy atom. The van der Waals surface area contributed by atoms with E-state index in [0.29, 0.717) is 30.9 Å². The fourth-order valence-corrected chi connectivity index (χ4v) is 2.10. The number of nitrogens with zero attached hydrogens (tertiary/aromatic N) is 1. The third-order valence-electron chi connectivity index (χ3n) is 3.21. The van der Waals surface area contributed by atoms with E-state index in [-0.39, 0.29) is 6.03 Å². The Morgan fingerprint density at radius 3 is 2.57 bits per heavy atom. The average molecular weight is 294 g/mol. The molecule has 2 rings (SSSR count). The minimum atomic E-state index is -1.05. The van der Waals surface area contributed by atoms with Crippen LogP contribution in [0.2, 0.25) is 0 Å². The summed E-state index contributed by atoms with van der Waals surface area (Å²) in [6.07, 6.45) is 0.558. The van der Waals surface area contributed by atoms with Crippen molar-refractivity contribution in [1.82, 2.24) is 4.90 Å². The van der Waals surface area contributed by atoms with E-state index in [9.17, 15) is 14.7 Å². The molecule has 21 heavy (non-hydrogen) atoms. The Balaban J connectivity index is 1.88. The quantitative estimate of drug-likeness (QED) is 0.773. The van der Waals surface area contributed by atoms with Crippen molar-refractivity contribution in [3.8, 4) is 5.75 Å². The number of ether oxygens (including phenoxy) is 1. The van der Waals surface area contributed by atoms with Crippen molar-refractivity contribution in [3.05, 3.63) is 24.3 Å². The number of carbonyl (C=O) groups is 2. The summed E-state index contributed by atoms with van der Waals surface area (Å²) in [5.74, 6) is -0.632. The van der Waals surface area contributed by atoms with Gasteiger partial charge in [-0.15, -0.1) is 0 Å². The number of carboxylic acid groups (broad SMARTS) is 1. The number of rotatable bonds is 4. The second-order valence-electron chi connectivity index (χ2n) is 5.31. The highest BCUT2D eigenvalue weighted by atomic mass is 16.5. The SMILES string of the molecule is CC1(O)CCN(C(=O)Nc2ccc(OCC(=O)O)cc2)C1. The predicted octanol–water partition coefficient (Wildman–Crippen LogP) is 1.14. The highest BCUT2D eigenvalue weighted by molar-refractivity contribution is 5.89. The van der Waals surface area contributed by atoms with Crippen molar-refractivity contribution < 1.29 is 24.5 Å². The van der Waals surface area contributed by atoms with Gasteiger partial charge in [-0.05, 0) is 37.6 Å². The average Bonchev–Trinajstić information content (AvgIpc) is 2.78. The molecule has 114 valence electrons. The first kappa shape index (κ1) is 15.1. The highest BCUT2D eigenvalue weighted by Gasteiger charge is 2.33. The second kappa shape index (κ2) is 6.01. The monoisotopic (exact) mass is 294 g/mol. The molecule has 0 aromatic heterocycles. The fraction of sp³-hybridized carbons (Fsp3) is 0.429. The van der Waals surface area contributed by atoms with E-state index in [0.717, 1.165) is 0 Å². The van der Waals surface area contributed by atoms with Crippen LogP contribution in [0.15, 0.2) is 24.3 Å². The molecule has 7 nitrogen and oxygen atoms in total. The highest BCUT2D eigenvalue weighted by Crippen LogP contribution is 2.22. The van der Waals surface area contributed by atoms with Crippen molar-refractivity contribution in [1.29, 1.82) is 0 Å². The zero-order chi connectivity index (χ0) is 15.5. The summed E-state index contributed by atoms with van der Waals surface area (Å²) in [6.45, 7) is 2.11. The Labute approximate surface area is 122 Å². The minimum absolute atomic E-state index is 0.271. The first-order valence-corrected chi connectivity index (χ1v) is 6.59. The topological polar surface area (TPSA) is 99.1 Å². The largest absolute Gasteiger partial charge is 0.482 e. The Kier molecular flexibility index (Phi) is 4.32. The number of hydrogen-bond donors (Lipinski definition) is 3. The predicted molar refractivity (Wildman–Crippen MR) is 75.4 cm³/mol. The molecule has 0 spiro atoms. The Morgan fingerprint density at radius 1 is 1.38 bits per heavy atom. The van der Waals surface area contributed by atoms with Crippen LogP contribution in [0.25, 0.3) is 0 Å². The van der Waals surface area contributed by atoms with Gasteiger partial charge in [0.25, 0.3) is 0 Å². The summed E-state index contributed by atoms with van der Waals surface area (Å²) in [5, 5.41) is 21.1. The lowest BCUT2D eigenvalue weighted by molar-refractivity contribution is -0.139. The molecule has 1 atom stereocenters. The van der Waals surface area contributed by atoms with E-state index >= 15 is 0 Å². The third-order valence-corrected chi connectivity index (χ3v) is 3.21. The number of anilines is 1. The van der Waals surface area contributed by atoms with E-state index in [4.69, 9.17) is 9.84 Å². The van der Waals surface area contributed by atoms with Gasteiger partial charge in [0.15, 0.2) is 6.61 Å². The minimum Gasteiger partial charge on any atom is -0.482 e. The van der Waals surface area contributed by atoms with Crippen LogP contribution in [0.5, 0.6) is 5.75 Å². The number of β-amino-alcohol motifs (C(OH)–C–C–N with tert-alkyl or cyclic N) is 1. The lowest BCUT2D eigenvalue weighted by Crippen LogP contribution is -2.36. The van der Waals surface area contributed by atoms with Crippen LogP contribution in [-0.2, 0) is 4.79 Å². The number of aliphatic hydroxyl groups is 1. The van der Waals surface area contributed by atoms with E-state index in [1.54, 1.807) is 36.1 Å². The number of amides is 2. The number of likely N-dealkylation sites (tertiary alicyclic amines) is 1. The molecular formula is C14H18N2O5. The molecule has 0 saturated carbocycles. The van der Waals surface area contributed by atoms with Gasteiger partial charge in [0.05, 0.1) is 12.1 Å². The van der Waals surface area contributed by atoms with Crippen LogP contribution >= 0.6 is 0 Å². The van der Waals surface area contributed by atoms with Crippen LogP contribution in [0.4, 0.5) is 10.5 Å². The van der Waals surface area contributed by atoms with Gasteiger partial charge in [-0.2, -0.15) is 0 Å². The maximum atomic E-state index is 12.0. The molecule has 1 saturated heterocycles. The number of nitrogens with one attached hydrogen (secondary N) is 1. The molecule has 0 aliphatic carbocycles. The van der Waals surface area contributed by atoms with Gasteiger partial charge in [-0.25, -0.2) is 9.59 Å². The lowest BCUT2D eigenvalue weighted by Gasteiger charge is -2.19. The van der Waals surface area contributed by atoms with Crippen molar-refractivity contribution in [2.45, 2.75) is 18.9 Å². The smallest absolute Gasteiger partial charge is 0.341 e. The van der Waals surface area contributed by atoms with E-state index < -0.39 is 18.2 Å². The fourth-order valence-electron chi connectivity index (χ4n) is 2.10.